The summed E-state index contributed by atoms with van der Waals surface area (Å²) < 4.78 is 0. The molecule has 3 heteroatoms. The summed E-state index contributed by atoms with van der Waals surface area (Å²) in [5, 5.41) is 10.0. The third-order valence-electron chi connectivity index (χ3n) is 3.12. The number of aromatic amines is 1. The molecule has 0 unspecified atom stereocenters. The summed E-state index contributed by atoms with van der Waals surface area (Å²) in [5.74, 6) is 0.353. The molecular formula is C16H22N2O+2. The van der Waals surface area contributed by atoms with Crippen LogP contribution >= 0.6 is 0 Å². The Morgan fingerprint density at radius 3 is 2.37 bits per heavy atom. The number of hydrogen-bond acceptors (Lipinski definition) is 1. The highest BCUT2D eigenvalue weighted by molar-refractivity contribution is 5.31. The number of nitrogens with one attached hydrogen (secondary N) is 2. The van der Waals surface area contributed by atoms with Gasteiger partial charge in [0.25, 0.3) is 5.69 Å². The van der Waals surface area contributed by atoms with Crippen LogP contribution < -0.4 is 9.88 Å². The molecule has 1 aromatic heterocycles. The number of benzene rings is 1. The first-order chi connectivity index (χ1) is 9.04. The predicted molar refractivity (Wildman–Crippen MR) is 75.2 cm³/mol. The molecule has 0 aliphatic carbocycles. The molecule has 19 heavy (non-hydrogen) atoms. The highest BCUT2D eigenvalue weighted by Gasteiger charge is 2.14. The molecule has 0 bridgehead atoms. The minimum absolute atomic E-state index is 0.353. The molecule has 100 valence electrons. The first kappa shape index (κ1) is 13.6. The summed E-state index contributed by atoms with van der Waals surface area (Å²) in [6, 6.07) is 10.3. The van der Waals surface area contributed by atoms with E-state index in [9.17, 15) is 5.11 Å². The highest BCUT2D eigenvalue weighted by atomic mass is 16.3. The molecular weight excluding hydrogens is 236 g/mol. The molecule has 0 radical (unpaired) electrons. The SMILES string of the molecule is Cc1ccc(Cc2c[nH+]c(C[NH+](C)C)c(O)c2)cc1. The fraction of sp³-hybridized carbons (Fsp3) is 0.312. The van der Waals surface area contributed by atoms with E-state index >= 15 is 0 Å². The van der Waals surface area contributed by atoms with Crippen LogP contribution in [0.15, 0.2) is 36.5 Å². The van der Waals surface area contributed by atoms with E-state index < -0.39 is 0 Å². The average molecular weight is 258 g/mol. The standard InChI is InChI=1S/C16H20N2O/c1-12-4-6-13(7-5-12)8-14-9-16(19)15(17-10-14)11-18(2)3/h4-7,9-10,19H,8,11H2,1-3H3/p+2. The maximum atomic E-state index is 10.0. The van der Waals surface area contributed by atoms with Gasteiger partial charge in [-0.2, -0.15) is 0 Å². The predicted octanol–water partition coefficient (Wildman–Crippen LogP) is 0.750. The summed E-state index contributed by atoms with van der Waals surface area (Å²) in [7, 11) is 4.13. The van der Waals surface area contributed by atoms with Gasteiger partial charge in [-0.05, 0) is 18.6 Å². The molecule has 2 rings (SSSR count). The van der Waals surface area contributed by atoms with E-state index in [0.29, 0.717) is 5.75 Å². The number of rotatable bonds is 4. The number of H-pyrrole nitrogens is 1. The molecule has 1 heterocycles. The highest BCUT2D eigenvalue weighted by Crippen LogP contribution is 2.16. The van der Waals surface area contributed by atoms with Gasteiger partial charge in [-0.15, -0.1) is 0 Å². The van der Waals surface area contributed by atoms with Crippen molar-refractivity contribution in [2.75, 3.05) is 14.1 Å². The van der Waals surface area contributed by atoms with E-state index in [4.69, 9.17) is 0 Å². The maximum absolute atomic E-state index is 10.0. The summed E-state index contributed by atoms with van der Waals surface area (Å²) in [5.41, 5.74) is 4.50. The fourth-order valence-electron chi connectivity index (χ4n) is 2.10. The van der Waals surface area contributed by atoms with Crippen LogP contribution in [0, 0.1) is 6.92 Å². The Morgan fingerprint density at radius 1 is 1.11 bits per heavy atom. The van der Waals surface area contributed by atoms with Crippen molar-refractivity contribution in [2.45, 2.75) is 19.9 Å². The van der Waals surface area contributed by atoms with Crippen LogP contribution in [0.3, 0.4) is 0 Å². The van der Waals surface area contributed by atoms with Gasteiger partial charge >= 0.3 is 0 Å². The third-order valence-corrected chi connectivity index (χ3v) is 3.12. The zero-order valence-electron chi connectivity index (χ0n) is 11.8. The zero-order valence-corrected chi connectivity index (χ0v) is 11.8. The summed E-state index contributed by atoms with van der Waals surface area (Å²) in [4.78, 5) is 4.47. The number of aryl methyl sites for hydroxylation is 1. The lowest BCUT2D eigenvalue weighted by molar-refractivity contribution is -0.877. The Balaban J connectivity index is 2.13. The topological polar surface area (TPSA) is 38.8 Å². The molecule has 0 saturated heterocycles. The lowest BCUT2D eigenvalue weighted by Gasteiger charge is -2.05. The van der Waals surface area contributed by atoms with Crippen molar-refractivity contribution in [2.24, 2.45) is 0 Å². The van der Waals surface area contributed by atoms with Crippen molar-refractivity contribution < 1.29 is 15.0 Å². The first-order valence-corrected chi connectivity index (χ1v) is 6.61. The van der Waals surface area contributed by atoms with Crippen LogP contribution in [0.1, 0.15) is 22.4 Å². The van der Waals surface area contributed by atoms with Crippen LogP contribution in [0.4, 0.5) is 0 Å². The molecule has 0 aliphatic rings. The molecule has 0 saturated carbocycles. The summed E-state index contributed by atoms with van der Waals surface area (Å²) >= 11 is 0. The van der Waals surface area contributed by atoms with Gasteiger partial charge in [-0.25, -0.2) is 4.98 Å². The van der Waals surface area contributed by atoms with E-state index in [0.717, 1.165) is 24.2 Å². The van der Waals surface area contributed by atoms with Gasteiger partial charge in [0.05, 0.1) is 14.1 Å². The van der Waals surface area contributed by atoms with Gasteiger partial charge in [0, 0.05) is 12.0 Å². The smallest absolute Gasteiger partial charge is 0.276 e. The van der Waals surface area contributed by atoms with E-state index in [1.54, 1.807) is 0 Å². The summed E-state index contributed by atoms with van der Waals surface area (Å²) in [6.07, 6.45) is 2.82. The van der Waals surface area contributed by atoms with E-state index in [1.165, 1.54) is 16.0 Å². The number of aromatic hydroxyl groups is 1. The van der Waals surface area contributed by atoms with Gasteiger partial charge in [-0.1, -0.05) is 29.8 Å². The van der Waals surface area contributed by atoms with Crippen molar-refractivity contribution in [3.05, 3.63) is 58.9 Å². The Bertz CT molecular complexity index is 547. The largest absolute Gasteiger partial charge is 0.502 e. The van der Waals surface area contributed by atoms with Crippen molar-refractivity contribution >= 4 is 0 Å². The molecule has 0 fully saturated rings. The van der Waals surface area contributed by atoms with Gasteiger partial charge < -0.3 is 10.0 Å². The fourth-order valence-corrected chi connectivity index (χ4v) is 2.10. The number of quaternary nitrogens is 1. The van der Waals surface area contributed by atoms with Gasteiger partial charge in [0.15, 0.2) is 18.5 Å². The second kappa shape index (κ2) is 5.85. The Labute approximate surface area is 114 Å². The average Bonchev–Trinajstić information content (AvgIpc) is 2.35. The molecule has 2 aromatic rings. The minimum Gasteiger partial charge on any atom is -0.502 e. The lowest BCUT2D eigenvalue weighted by atomic mass is 10.0. The molecule has 0 atom stereocenters. The molecule has 0 spiro atoms. The summed E-state index contributed by atoms with van der Waals surface area (Å²) in [6.45, 7) is 2.87. The lowest BCUT2D eigenvalue weighted by Crippen LogP contribution is -3.04. The number of pyridine rings is 1. The molecule has 0 amide bonds. The van der Waals surface area contributed by atoms with E-state index in [1.807, 2.05) is 12.3 Å². The number of hydrogen-bond donors (Lipinski definition) is 2. The van der Waals surface area contributed by atoms with Crippen molar-refractivity contribution in [3.63, 3.8) is 0 Å². The second-order valence-corrected chi connectivity index (χ2v) is 5.42. The van der Waals surface area contributed by atoms with Crippen LogP contribution in [-0.4, -0.2) is 19.2 Å². The van der Waals surface area contributed by atoms with E-state index in [2.05, 4.69) is 50.3 Å². The molecule has 3 N–H and O–H groups in total. The van der Waals surface area contributed by atoms with Crippen LogP contribution in [0.25, 0.3) is 0 Å². The molecule has 3 nitrogen and oxygen atoms in total. The van der Waals surface area contributed by atoms with Gasteiger partial charge in [0.2, 0.25) is 0 Å². The quantitative estimate of drug-likeness (QED) is 0.834. The Hall–Kier alpha value is -1.87. The van der Waals surface area contributed by atoms with Gasteiger partial charge in [-0.3, -0.25) is 0 Å². The van der Waals surface area contributed by atoms with Crippen LogP contribution in [0.2, 0.25) is 0 Å². The monoisotopic (exact) mass is 258 g/mol. The Kier molecular flexibility index (Phi) is 4.17. The first-order valence-electron chi connectivity index (χ1n) is 6.61. The normalized spacial score (nSPS) is 10.9. The Morgan fingerprint density at radius 2 is 1.79 bits per heavy atom. The van der Waals surface area contributed by atoms with Crippen LogP contribution in [0.5, 0.6) is 5.75 Å². The minimum atomic E-state index is 0.353. The van der Waals surface area contributed by atoms with Crippen molar-refractivity contribution in [1.82, 2.24) is 0 Å². The number of aromatic nitrogens is 1. The van der Waals surface area contributed by atoms with E-state index in [-0.39, 0.29) is 0 Å². The van der Waals surface area contributed by atoms with Crippen molar-refractivity contribution in [1.29, 1.82) is 0 Å². The molecule has 1 aromatic carbocycles. The zero-order chi connectivity index (χ0) is 13.8. The van der Waals surface area contributed by atoms with Crippen LogP contribution in [-0.2, 0) is 13.0 Å². The van der Waals surface area contributed by atoms with Crippen molar-refractivity contribution in [3.8, 4) is 5.75 Å². The second-order valence-electron chi connectivity index (χ2n) is 5.42. The van der Waals surface area contributed by atoms with Gasteiger partial charge in [0.1, 0.15) is 0 Å². The molecule has 0 aliphatic heterocycles. The maximum Gasteiger partial charge on any atom is 0.276 e. The third kappa shape index (κ3) is 3.80.